The summed E-state index contributed by atoms with van der Waals surface area (Å²) in [5, 5.41) is 2.82. The fraction of sp³-hybridized carbons (Fsp3) is 0.133. The van der Waals surface area contributed by atoms with E-state index in [2.05, 4.69) is 27.1 Å². The third kappa shape index (κ3) is 3.40. The number of amides is 1. The van der Waals surface area contributed by atoms with E-state index in [0.29, 0.717) is 12.1 Å². The molecule has 0 saturated carbocycles. The highest BCUT2D eigenvalue weighted by Gasteiger charge is 2.08. The molecule has 3 N–H and O–H groups in total. The predicted octanol–water partition coefficient (Wildman–Crippen LogP) is 1.35. The Hall–Kier alpha value is -2.71. The normalized spacial score (nSPS) is 9.50. The van der Waals surface area contributed by atoms with Crippen molar-refractivity contribution < 1.29 is 4.79 Å². The lowest BCUT2D eigenvalue weighted by Crippen LogP contribution is -2.13. The minimum Gasteiger partial charge on any atom is -0.322 e. The predicted molar refractivity (Wildman–Crippen MR) is 77.1 cm³/mol. The molecule has 0 spiro atoms. The Bertz CT molecular complexity index is 671. The molecule has 1 aromatic carbocycles. The van der Waals surface area contributed by atoms with Gasteiger partial charge in [-0.2, -0.15) is 0 Å². The summed E-state index contributed by atoms with van der Waals surface area (Å²) in [7, 11) is 0. The van der Waals surface area contributed by atoms with E-state index < -0.39 is 0 Å². The Morgan fingerprint density at radius 2 is 2.10 bits per heavy atom. The molecule has 0 unspecified atom stereocenters. The van der Waals surface area contributed by atoms with Crippen LogP contribution in [0.5, 0.6) is 0 Å². The average Bonchev–Trinajstić information content (AvgIpc) is 2.48. The van der Waals surface area contributed by atoms with Gasteiger partial charge in [0.25, 0.3) is 5.91 Å². The van der Waals surface area contributed by atoms with Crippen molar-refractivity contribution in [2.24, 2.45) is 5.73 Å². The molecule has 5 nitrogen and oxygen atoms in total. The van der Waals surface area contributed by atoms with Crippen LogP contribution in [0, 0.1) is 18.8 Å². The quantitative estimate of drug-likeness (QED) is 0.804. The highest BCUT2D eigenvalue weighted by atomic mass is 16.1. The van der Waals surface area contributed by atoms with E-state index in [1.165, 1.54) is 18.7 Å². The molecule has 2 aromatic rings. The number of aryl methyl sites for hydroxylation is 1. The van der Waals surface area contributed by atoms with Crippen molar-refractivity contribution in [1.29, 1.82) is 0 Å². The van der Waals surface area contributed by atoms with Crippen LogP contribution in [0.4, 0.5) is 5.69 Å². The summed E-state index contributed by atoms with van der Waals surface area (Å²) in [6, 6.07) is 5.56. The number of carbonyl (C=O) groups excluding carboxylic acids is 1. The van der Waals surface area contributed by atoms with Crippen LogP contribution in [-0.4, -0.2) is 22.4 Å². The molecule has 1 heterocycles. The zero-order valence-electron chi connectivity index (χ0n) is 11.1. The standard InChI is InChI=1S/C15H14N4O/c1-11-7-12(3-2-6-16)4-5-14(11)19-15(20)13-8-17-10-18-9-13/h4-5,7-10H,6,16H2,1H3,(H,19,20). The Labute approximate surface area is 117 Å². The van der Waals surface area contributed by atoms with Crippen molar-refractivity contribution in [2.75, 3.05) is 11.9 Å². The lowest BCUT2D eigenvalue weighted by molar-refractivity contribution is 0.102. The number of rotatable bonds is 2. The summed E-state index contributed by atoms with van der Waals surface area (Å²) in [6.07, 6.45) is 4.32. The minimum absolute atomic E-state index is 0.241. The number of nitrogens with one attached hydrogen (secondary N) is 1. The summed E-state index contributed by atoms with van der Waals surface area (Å²) < 4.78 is 0. The first-order chi connectivity index (χ1) is 9.70. The Kier molecular flexibility index (Phi) is 4.43. The van der Waals surface area contributed by atoms with Crippen LogP contribution >= 0.6 is 0 Å². The third-order valence-electron chi connectivity index (χ3n) is 2.63. The van der Waals surface area contributed by atoms with Gasteiger partial charge in [-0.1, -0.05) is 11.8 Å². The number of nitrogens with two attached hydrogens (primary N) is 1. The first kappa shape index (κ1) is 13.7. The fourth-order valence-electron chi connectivity index (χ4n) is 1.65. The second kappa shape index (κ2) is 6.45. The molecule has 0 aliphatic rings. The molecule has 5 heteroatoms. The van der Waals surface area contributed by atoms with Crippen molar-refractivity contribution >= 4 is 11.6 Å². The summed E-state index contributed by atoms with van der Waals surface area (Å²) >= 11 is 0. The van der Waals surface area contributed by atoms with Gasteiger partial charge in [0.15, 0.2) is 0 Å². The van der Waals surface area contributed by atoms with Crippen LogP contribution < -0.4 is 11.1 Å². The van der Waals surface area contributed by atoms with Gasteiger partial charge in [0.1, 0.15) is 6.33 Å². The molecule has 0 fully saturated rings. The van der Waals surface area contributed by atoms with Gasteiger partial charge in [-0.05, 0) is 30.7 Å². The molecule has 0 aliphatic heterocycles. The van der Waals surface area contributed by atoms with Crippen LogP contribution in [0.1, 0.15) is 21.5 Å². The van der Waals surface area contributed by atoms with Crippen molar-refractivity contribution in [3.8, 4) is 11.8 Å². The third-order valence-corrected chi connectivity index (χ3v) is 2.63. The van der Waals surface area contributed by atoms with Crippen LogP contribution in [0.15, 0.2) is 36.9 Å². The van der Waals surface area contributed by atoms with Gasteiger partial charge in [-0.25, -0.2) is 9.97 Å². The number of nitrogens with zero attached hydrogens (tertiary/aromatic N) is 2. The zero-order valence-corrected chi connectivity index (χ0v) is 11.1. The fourth-order valence-corrected chi connectivity index (χ4v) is 1.65. The van der Waals surface area contributed by atoms with Crippen LogP contribution in [0.2, 0.25) is 0 Å². The largest absolute Gasteiger partial charge is 0.322 e. The Balaban J connectivity index is 2.16. The summed E-state index contributed by atoms with van der Waals surface area (Å²) in [5.41, 5.74) is 8.28. The Morgan fingerprint density at radius 3 is 2.75 bits per heavy atom. The molecular weight excluding hydrogens is 252 g/mol. The molecule has 100 valence electrons. The highest BCUT2D eigenvalue weighted by molar-refractivity contribution is 6.04. The SMILES string of the molecule is Cc1cc(C#CCN)ccc1NC(=O)c1cncnc1. The molecule has 20 heavy (non-hydrogen) atoms. The zero-order chi connectivity index (χ0) is 14.4. The van der Waals surface area contributed by atoms with Crippen molar-refractivity contribution in [1.82, 2.24) is 9.97 Å². The highest BCUT2D eigenvalue weighted by Crippen LogP contribution is 2.16. The number of anilines is 1. The number of aromatic nitrogens is 2. The van der Waals surface area contributed by atoms with E-state index in [4.69, 9.17) is 5.73 Å². The number of carbonyl (C=O) groups is 1. The van der Waals surface area contributed by atoms with Gasteiger partial charge < -0.3 is 11.1 Å². The molecule has 1 amide bonds. The van der Waals surface area contributed by atoms with E-state index in [-0.39, 0.29) is 5.91 Å². The molecule has 1 aromatic heterocycles. The van der Waals surface area contributed by atoms with E-state index in [1.807, 2.05) is 25.1 Å². The van der Waals surface area contributed by atoms with E-state index >= 15 is 0 Å². The van der Waals surface area contributed by atoms with Gasteiger partial charge in [0.05, 0.1) is 12.1 Å². The van der Waals surface area contributed by atoms with Gasteiger partial charge in [-0.3, -0.25) is 4.79 Å². The summed E-state index contributed by atoms with van der Waals surface area (Å²) in [6.45, 7) is 2.23. The average molecular weight is 266 g/mol. The minimum atomic E-state index is -0.241. The van der Waals surface area contributed by atoms with E-state index in [9.17, 15) is 4.79 Å². The number of benzene rings is 1. The maximum absolute atomic E-state index is 12.0. The van der Waals surface area contributed by atoms with Crippen LogP contribution in [0.3, 0.4) is 0 Å². The van der Waals surface area contributed by atoms with E-state index in [1.54, 1.807) is 0 Å². The van der Waals surface area contributed by atoms with E-state index in [0.717, 1.165) is 16.8 Å². The van der Waals surface area contributed by atoms with Crippen LogP contribution in [-0.2, 0) is 0 Å². The lowest BCUT2D eigenvalue weighted by atomic mass is 10.1. The van der Waals surface area contributed by atoms with Crippen molar-refractivity contribution in [3.05, 3.63) is 53.6 Å². The molecule has 0 atom stereocenters. The van der Waals surface area contributed by atoms with Gasteiger partial charge in [0, 0.05) is 23.6 Å². The maximum atomic E-state index is 12.0. The molecule has 0 saturated heterocycles. The monoisotopic (exact) mass is 266 g/mol. The smallest absolute Gasteiger partial charge is 0.258 e. The second-order valence-corrected chi connectivity index (χ2v) is 4.12. The first-order valence-electron chi connectivity index (χ1n) is 6.06. The number of hydrogen-bond donors (Lipinski definition) is 2. The van der Waals surface area contributed by atoms with Crippen molar-refractivity contribution in [2.45, 2.75) is 6.92 Å². The van der Waals surface area contributed by atoms with Gasteiger partial charge in [0.2, 0.25) is 0 Å². The van der Waals surface area contributed by atoms with Gasteiger partial charge in [-0.15, -0.1) is 0 Å². The van der Waals surface area contributed by atoms with Crippen LogP contribution in [0.25, 0.3) is 0 Å². The molecule has 0 bridgehead atoms. The topological polar surface area (TPSA) is 80.9 Å². The first-order valence-corrected chi connectivity index (χ1v) is 6.06. The second-order valence-electron chi connectivity index (χ2n) is 4.12. The Morgan fingerprint density at radius 1 is 1.35 bits per heavy atom. The molecule has 0 radical (unpaired) electrons. The van der Waals surface area contributed by atoms with Gasteiger partial charge >= 0.3 is 0 Å². The summed E-state index contributed by atoms with van der Waals surface area (Å²) in [5.74, 6) is 5.50. The summed E-state index contributed by atoms with van der Waals surface area (Å²) in [4.78, 5) is 19.6. The van der Waals surface area contributed by atoms with Crippen molar-refractivity contribution in [3.63, 3.8) is 0 Å². The molecular formula is C15H14N4O. The lowest BCUT2D eigenvalue weighted by Gasteiger charge is -2.08. The number of hydrogen-bond acceptors (Lipinski definition) is 4. The molecule has 0 aliphatic carbocycles. The molecule has 2 rings (SSSR count). The maximum Gasteiger partial charge on any atom is 0.258 e.